The molecule has 1 fully saturated rings. The highest BCUT2D eigenvalue weighted by atomic mass is 32.2. The van der Waals surface area contributed by atoms with Crippen molar-refractivity contribution in [1.82, 2.24) is 14.2 Å². The van der Waals surface area contributed by atoms with Crippen LogP contribution in [0.5, 0.6) is 0 Å². The molecule has 2 heterocycles. The maximum Gasteiger partial charge on any atom is 0.240 e. The summed E-state index contributed by atoms with van der Waals surface area (Å²) in [7, 11) is 0. The highest BCUT2D eigenvalue weighted by Gasteiger charge is 2.27. The van der Waals surface area contributed by atoms with Gasteiger partial charge in [-0.25, -0.2) is 4.72 Å². The minimum absolute atomic E-state index is 0.137. The number of aromatic nitrogens is 1. The Labute approximate surface area is 183 Å². The van der Waals surface area contributed by atoms with E-state index in [1.807, 2.05) is 47.7 Å². The van der Waals surface area contributed by atoms with Gasteiger partial charge in [0.15, 0.2) is 0 Å². The van der Waals surface area contributed by atoms with E-state index < -0.39 is 0 Å². The van der Waals surface area contributed by atoms with Gasteiger partial charge >= 0.3 is 0 Å². The van der Waals surface area contributed by atoms with Gasteiger partial charge in [-0.2, -0.15) is 5.26 Å². The van der Waals surface area contributed by atoms with Crippen molar-refractivity contribution in [2.75, 3.05) is 18.8 Å². The molecule has 0 radical (unpaired) electrons. The third-order valence-electron chi connectivity index (χ3n) is 5.99. The summed E-state index contributed by atoms with van der Waals surface area (Å²) in [6.45, 7) is 8.48. The molecule has 1 aromatic carbocycles. The minimum Gasteiger partial charge on any atom is -0.398 e. The quantitative estimate of drug-likeness (QED) is 0.519. The maximum atomic E-state index is 13.3. The lowest BCUT2D eigenvalue weighted by atomic mass is 9.98. The standard InChI is InChI=1S/C23H31N5OS/c1-16-8-12-28(13-9-16)23(29)20(10-14-27-11-4-5-19(27)15-24)26-30-21-7-6-17(2)22(25)18(21)3/h4-7,11,16,20,26H,8-10,12-14,25H2,1-3H3. The van der Waals surface area contributed by atoms with Crippen LogP contribution in [0.15, 0.2) is 35.4 Å². The van der Waals surface area contributed by atoms with Gasteiger partial charge in [0.1, 0.15) is 11.8 Å². The number of anilines is 1. The number of hydrogen-bond donors (Lipinski definition) is 2. The zero-order valence-electron chi connectivity index (χ0n) is 18.0. The van der Waals surface area contributed by atoms with E-state index >= 15 is 0 Å². The van der Waals surface area contributed by atoms with E-state index in [4.69, 9.17) is 5.73 Å². The van der Waals surface area contributed by atoms with Crippen LogP contribution in [-0.4, -0.2) is 34.5 Å². The lowest BCUT2D eigenvalue weighted by Gasteiger charge is -2.33. The topological polar surface area (TPSA) is 87.1 Å². The fourth-order valence-electron chi connectivity index (χ4n) is 3.75. The summed E-state index contributed by atoms with van der Waals surface area (Å²) in [6, 6.07) is 9.58. The molecular weight excluding hydrogens is 394 g/mol. The second kappa shape index (κ2) is 10.1. The summed E-state index contributed by atoms with van der Waals surface area (Å²) in [5, 5.41) is 9.26. The zero-order valence-corrected chi connectivity index (χ0v) is 18.8. The SMILES string of the molecule is Cc1ccc(SNC(CCn2cccc2C#N)C(=O)N2CCC(C)CC2)c(C)c1N. The van der Waals surface area contributed by atoms with Gasteiger partial charge in [-0.3, -0.25) is 4.79 Å². The molecule has 7 heteroatoms. The number of carbonyl (C=O) groups excluding carboxylic acids is 1. The van der Waals surface area contributed by atoms with Crippen molar-refractivity contribution < 1.29 is 4.79 Å². The number of piperidine rings is 1. The molecule has 1 aromatic heterocycles. The van der Waals surface area contributed by atoms with Crippen LogP contribution in [0, 0.1) is 31.1 Å². The molecule has 3 N–H and O–H groups in total. The van der Waals surface area contributed by atoms with Crippen LogP contribution in [0.4, 0.5) is 5.69 Å². The van der Waals surface area contributed by atoms with Crippen LogP contribution >= 0.6 is 11.9 Å². The van der Waals surface area contributed by atoms with Gasteiger partial charge in [-0.05, 0) is 80.3 Å². The number of aryl methyl sites for hydroxylation is 2. The summed E-state index contributed by atoms with van der Waals surface area (Å²) >= 11 is 1.47. The van der Waals surface area contributed by atoms with Crippen molar-refractivity contribution in [3.8, 4) is 6.07 Å². The van der Waals surface area contributed by atoms with Gasteiger partial charge in [0.25, 0.3) is 0 Å². The summed E-state index contributed by atoms with van der Waals surface area (Å²) < 4.78 is 5.31. The molecule has 0 saturated carbocycles. The van der Waals surface area contributed by atoms with Crippen LogP contribution in [0.2, 0.25) is 0 Å². The molecule has 30 heavy (non-hydrogen) atoms. The highest BCUT2D eigenvalue weighted by molar-refractivity contribution is 7.97. The largest absolute Gasteiger partial charge is 0.398 e. The number of nitrogens with one attached hydrogen (secondary N) is 1. The minimum atomic E-state index is -0.334. The smallest absolute Gasteiger partial charge is 0.240 e. The maximum absolute atomic E-state index is 13.3. The molecule has 1 amide bonds. The number of carbonyl (C=O) groups is 1. The Balaban J connectivity index is 1.72. The average Bonchev–Trinajstić information content (AvgIpc) is 3.21. The van der Waals surface area contributed by atoms with E-state index in [9.17, 15) is 10.1 Å². The van der Waals surface area contributed by atoms with Gasteiger partial charge in [0, 0.05) is 36.4 Å². The molecule has 1 aliphatic heterocycles. The normalized spacial score (nSPS) is 15.7. The molecule has 1 aliphatic rings. The Bertz CT molecular complexity index is 924. The zero-order chi connectivity index (χ0) is 21.7. The van der Waals surface area contributed by atoms with Gasteiger partial charge in [0.05, 0.1) is 6.04 Å². The first-order chi connectivity index (χ1) is 14.4. The first kappa shape index (κ1) is 22.3. The van der Waals surface area contributed by atoms with E-state index in [2.05, 4.69) is 17.7 Å². The van der Waals surface area contributed by atoms with Crippen LogP contribution in [-0.2, 0) is 11.3 Å². The number of nitriles is 1. The van der Waals surface area contributed by atoms with Gasteiger partial charge in [-0.15, -0.1) is 0 Å². The molecule has 1 atom stereocenters. The highest BCUT2D eigenvalue weighted by Crippen LogP contribution is 2.28. The molecule has 2 aromatic rings. The average molecular weight is 426 g/mol. The lowest BCUT2D eigenvalue weighted by molar-refractivity contribution is -0.134. The van der Waals surface area contributed by atoms with Crippen LogP contribution in [0.25, 0.3) is 0 Å². The van der Waals surface area contributed by atoms with Crippen molar-refractivity contribution in [3.63, 3.8) is 0 Å². The molecular formula is C23H31N5OS. The number of nitrogens with two attached hydrogens (primary N) is 1. The molecule has 3 rings (SSSR count). The Morgan fingerprint density at radius 1 is 1.33 bits per heavy atom. The molecule has 1 saturated heterocycles. The number of amides is 1. The number of rotatable bonds is 7. The molecule has 6 nitrogen and oxygen atoms in total. The second-order valence-electron chi connectivity index (χ2n) is 8.19. The predicted molar refractivity (Wildman–Crippen MR) is 122 cm³/mol. The summed E-state index contributed by atoms with van der Waals surface area (Å²) in [5.41, 5.74) is 9.68. The third-order valence-corrected chi connectivity index (χ3v) is 7.06. The van der Waals surface area contributed by atoms with Crippen molar-refractivity contribution in [2.24, 2.45) is 5.92 Å². The fourth-order valence-corrected chi connectivity index (χ4v) is 4.64. The van der Waals surface area contributed by atoms with Gasteiger partial charge in [0.2, 0.25) is 5.91 Å². The van der Waals surface area contributed by atoms with E-state index in [0.717, 1.165) is 47.6 Å². The molecule has 0 bridgehead atoms. The Kier molecular flexibility index (Phi) is 7.46. The number of nitrogens with zero attached hydrogens (tertiary/aromatic N) is 3. The van der Waals surface area contributed by atoms with Crippen molar-refractivity contribution in [3.05, 3.63) is 47.3 Å². The number of hydrogen-bond acceptors (Lipinski definition) is 5. The Morgan fingerprint density at radius 2 is 2.07 bits per heavy atom. The first-order valence-electron chi connectivity index (χ1n) is 10.5. The van der Waals surface area contributed by atoms with E-state index in [-0.39, 0.29) is 11.9 Å². The number of benzene rings is 1. The molecule has 0 spiro atoms. The van der Waals surface area contributed by atoms with Gasteiger partial charge < -0.3 is 15.2 Å². The van der Waals surface area contributed by atoms with E-state index in [1.54, 1.807) is 6.07 Å². The third kappa shape index (κ3) is 5.18. The fraction of sp³-hybridized carbons (Fsp3) is 0.478. The second-order valence-corrected chi connectivity index (χ2v) is 9.07. The van der Waals surface area contributed by atoms with Crippen LogP contribution in [0.3, 0.4) is 0 Å². The summed E-state index contributed by atoms with van der Waals surface area (Å²) in [5.74, 6) is 0.809. The first-order valence-corrected chi connectivity index (χ1v) is 11.3. The lowest BCUT2D eigenvalue weighted by Crippen LogP contribution is -2.47. The van der Waals surface area contributed by atoms with E-state index in [0.29, 0.717) is 24.6 Å². The van der Waals surface area contributed by atoms with Gasteiger partial charge in [-0.1, -0.05) is 13.0 Å². The molecule has 1 unspecified atom stereocenters. The van der Waals surface area contributed by atoms with Crippen molar-refractivity contribution in [1.29, 1.82) is 5.26 Å². The Morgan fingerprint density at radius 3 is 2.77 bits per heavy atom. The van der Waals surface area contributed by atoms with Crippen molar-refractivity contribution >= 4 is 23.5 Å². The number of likely N-dealkylation sites (tertiary alicyclic amines) is 1. The van der Waals surface area contributed by atoms with Crippen molar-refractivity contribution in [2.45, 2.75) is 57.5 Å². The number of nitrogen functional groups attached to an aromatic ring is 1. The molecule has 160 valence electrons. The summed E-state index contributed by atoms with van der Waals surface area (Å²) in [4.78, 5) is 16.3. The Hall–Kier alpha value is -2.43. The van der Waals surface area contributed by atoms with Crippen LogP contribution < -0.4 is 10.5 Å². The summed E-state index contributed by atoms with van der Waals surface area (Å²) in [6.07, 6.45) is 4.60. The monoisotopic (exact) mass is 425 g/mol. The van der Waals surface area contributed by atoms with Crippen LogP contribution in [0.1, 0.15) is 43.0 Å². The predicted octanol–water partition coefficient (Wildman–Crippen LogP) is 3.87. The molecule has 0 aliphatic carbocycles. The van der Waals surface area contributed by atoms with E-state index in [1.165, 1.54) is 11.9 Å².